The molecule has 4 heteroatoms. The minimum Gasteiger partial charge on any atom is -0.459 e. The van der Waals surface area contributed by atoms with E-state index in [0.29, 0.717) is 13.0 Å². The summed E-state index contributed by atoms with van der Waals surface area (Å²) in [6.45, 7) is 10.8. The Bertz CT molecular complexity index is 209. The minimum absolute atomic E-state index is 0.150. The fourth-order valence-corrected chi connectivity index (χ4v) is 1.33. The van der Waals surface area contributed by atoms with Gasteiger partial charge in [0.1, 0.15) is 5.60 Å². The highest BCUT2D eigenvalue weighted by Crippen LogP contribution is 2.08. The summed E-state index contributed by atoms with van der Waals surface area (Å²) < 4.78 is 5.26. The van der Waals surface area contributed by atoms with Gasteiger partial charge in [0.15, 0.2) is 0 Å². The largest absolute Gasteiger partial charge is 0.459 e. The molecule has 0 spiro atoms. The van der Waals surface area contributed by atoms with Gasteiger partial charge in [0.25, 0.3) is 0 Å². The van der Waals surface area contributed by atoms with Gasteiger partial charge in [0.05, 0.1) is 6.54 Å². The molecule has 0 rings (SSSR count). The number of nitrogens with zero attached hydrogens (tertiary/aromatic N) is 1. The van der Waals surface area contributed by atoms with Crippen molar-refractivity contribution in [1.29, 1.82) is 0 Å². The van der Waals surface area contributed by atoms with E-state index in [-0.39, 0.29) is 25.2 Å². The molecule has 16 heavy (non-hydrogen) atoms. The maximum atomic E-state index is 11.6. The van der Waals surface area contributed by atoms with Crippen molar-refractivity contribution in [2.24, 2.45) is 0 Å². The van der Waals surface area contributed by atoms with E-state index >= 15 is 0 Å². The number of hydrogen-bond donors (Lipinski definition) is 1. The van der Waals surface area contributed by atoms with E-state index in [1.807, 2.05) is 39.5 Å². The number of aliphatic hydroxyl groups is 1. The van der Waals surface area contributed by atoms with Crippen LogP contribution in [0.4, 0.5) is 0 Å². The zero-order valence-corrected chi connectivity index (χ0v) is 11.1. The Morgan fingerprint density at radius 1 is 1.38 bits per heavy atom. The van der Waals surface area contributed by atoms with Crippen LogP contribution in [0.25, 0.3) is 0 Å². The highest BCUT2D eigenvalue weighted by atomic mass is 16.6. The zero-order valence-electron chi connectivity index (χ0n) is 11.1. The Kier molecular flexibility index (Phi) is 6.60. The Labute approximate surface area is 98.6 Å². The molecule has 0 aliphatic rings. The van der Waals surface area contributed by atoms with Crippen molar-refractivity contribution in [3.63, 3.8) is 0 Å². The van der Waals surface area contributed by atoms with Crippen molar-refractivity contribution in [3.05, 3.63) is 0 Å². The van der Waals surface area contributed by atoms with Gasteiger partial charge in [-0.05, 0) is 41.0 Å². The molecule has 0 aromatic carbocycles. The summed E-state index contributed by atoms with van der Waals surface area (Å²) in [7, 11) is 0. The predicted molar refractivity (Wildman–Crippen MR) is 64.3 cm³/mol. The summed E-state index contributed by atoms with van der Waals surface area (Å²) in [6, 6.07) is 0.277. The molecule has 0 saturated heterocycles. The lowest BCUT2D eigenvalue weighted by Crippen LogP contribution is -2.39. The normalized spacial score (nSPS) is 12.2. The average Bonchev–Trinajstić information content (AvgIpc) is 2.08. The van der Waals surface area contributed by atoms with Crippen molar-refractivity contribution < 1.29 is 14.6 Å². The molecule has 0 aliphatic carbocycles. The van der Waals surface area contributed by atoms with Crippen molar-refractivity contribution in [2.45, 2.75) is 52.7 Å². The van der Waals surface area contributed by atoms with E-state index in [1.165, 1.54) is 0 Å². The molecule has 0 aromatic heterocycles. The van der Waals surface area contributed by atoms with E-state index in [4.69, 9.17) is 9.84 Å². The second-order valence-electron chi connectivity index (χ2n) is 5.23. The average molecular weight is 231 g/mol. The minimum atomic E-state index is -0.434. The smallest absolute Gasteiger partial charge is 0.320 e. The van der Waals surface area contributed by atoms with Gasteiger partial charge in [-0.15, -0.1) is 0 Å². The number of carbonyl (C=O) groups excluding carboxylic acids is 1. The van der Waals surface area contributed by atoms with Crippen LogP contribution in [-0.2, 0) is 9.53 Å². The van der Waals surface area contributed by atoms with Crippen LogP contribution in [0.3, 0.4) is 0 Å². The Morgan fingerprint density at radius 2 is 1.94 bits per heavy atom. The number of rotatable bonds is 6. The summed E-state index contributed by atoms with van der Waals surface area (Å²) in [4.78, 5) is 13.6. The maximum Gasteiger partial charge on any atom is 0.320 e. The SMILES string of the molecule is CC(C)N(CCCO)CC(=O)OC(C)(C)C. The van der Waals surface area contributed by atoms with Crippen molar-refractivity contribution in [3.8, 4) is 0 Å². The Hall–Kier alpha value is -0.610. The topological polar surface area (TPSA) is 49.8 Å². The summed E-state index contributed by atoms with van der Waals surface area (Å²) in [5, 5.41) is 8.77. The van der Waals surface area contributed by atoms with E-state index in [9.17, 15) is 4.79 Å². The summed E-state index contributed by atoms with van der Waals surface area (Å²) >= 11 is 0. The van der Waals surface area contributed by atoms with E-state index in [0.717, 1.165) is 0 Å². The number of aliphatic hydroxyl groups excluding tert-OH is 1. The quantitative estimate of drug-likeness (QED) is 0.702. The molecule has 0 heterocycles. The van der Waals surface area contributed by atoms with Crippen LogP contribution in [0.2, 0.25) is 0 Å². The first kappa shape index (κ1) is 15.4. The van der Waals surface area contributed by atoms with Gasteiger partial charge in [0, 0.05) is 19.2 Å². The summed E-state index contributed by atoms with van der Waals surface area (Å²) in [6.07, 6.45) is 0.682. The molecule has 0 radical (unpaired) electrons. The third-order valence-corrected chi connectivity index (χ3v) is 2.09. The summed E-state index contributed by atoms with van der Waals surface area (Å²) in [5.41, 5.74) is -0.434. The van der Waals surface area contributed by atoms with Gasteiger partial charge in [-0.2, -0.15) is 0 Å². The van der Waals surface area contributed by atoms with Gasteiger partial charge in [-0.25, -0.2) is 0 Å². The van der Waals surface area contributed by atoms with Crippen molar-refractivity contribution in [2.75, 3.05) is 19.7 Å². The predicted octanol–water partition coefficient (Wildman–Crippen LogP) is 1.42. The molecule has 0 unspecified atom stereocenters. The molecule has 0 amide bonds. The first-order valence-electron chi connectivity index (χ1n) is 5.83. The third kappa shape index (κ3) is 7.65. The van der Waals surface area contributed by atoms with Gasteiger partial charge < -0.3 is 9.84 Å². The maximum absolute atomic E-state index is 11.6. The number of ether oxygens (including phenoxy) is 1. The fourth-order valence-electron chi connectivity index (χ4n) is 1.33. The monoisotopic (exact) mass is 231 g/mol. The fraction of sp³-hybridized carbons (Fsp3) is 0.917. The molecule has 0 aromatic rings. The second-order valence-corrected chi connectivity index (χ2v) is 5.23. The van der Waals surface area contributed by atoms with E-state index < -0.39 is 5.60 Å². The molecule has 1 N–H and O–H groups in total. The molecule has 0 fully saturated rings. The zero-order chi connectivity index (χ0) is 12.8. The number of hydrogen-bond acceptors (Lipinski definition) is 4. The first-order chi connectivity index (χ1) is 7.26. The van der Waals surface area contributed by atoms with Crippen LogP contribution in [0.5, 0.6) is 0 Å². The van der Waals surface area contributed by atoms with Gasteiger partial charge in [-0.3, -0.25) is 9.69 Å². The van der Waals surface area contributed by atoms with Crippen molar-refractivity contribution >= 4 is 5.97 Å². The lowest BCUT2D eigenvalue weighted by Gasteiger charge is -2.27. The lowest BCUT2D eigenvalue weighted by atomic mass is 10.2. The van der Waals surface area contributed by atoms with E-state index in [1.54, 1.807) is 0 Å². The van der Waals surface area contributed by atoms with E-state index in [2.05, 4.69) is 0 Å². The molecule has 96 valence electrons. The molecule has 4 nitrogen and oxygen atoms in total. The van der Waals surface area contributed by atoms with Crippen LogP contribution < -0.4 is 0 Å². The highest BCUT2D eigenvalue weighted by Gasteiger charge is 2.20. The highest BCUT2D eigenvalue weighted by molar-refractivity contribution is 5.72. The molecular formula is C12H25NO3. The Morgan fingerprint density at radius 3 is 2.31 bits per heavy atom. The van der Waals surface area contributed by atoms with Gasteiger partial charge >= 0.3 is 5.97 Å². The first-order valence-corrected chi connectivity index (χ1v) is 5.83. The number of esters is 1. The van der Waals surface area contributed by atoms with Crippen LogP contribution in [0.15, 0.2) is 0 Å². The van der Waals surface area contributed by atoms with Crippen molar-refractivity contribution in [1.82, 2.24) is 4.90 Å². The molecule has 0 bridgehead atoms. The number of carbonyl (C=O) groups is 1. The molecule has 0 atom stereocenters. The second kappa shape index (κ2) is 6.86. The molecular weight excluding hydrogens is 206 g/mol. The van der Waals surface area contributed by atoms with Crippen LogP contribution in [-0.4, -0.2) is 47.3 Å². The van der Waals surface area contributed by atoms with Crippen LogP contribution in [0.1, 0.15) is 41.0 Å². The Balaban J connectivity index is 4.13. The van der Waals surface area contributed by atoms with Gasteiger partial charge in [0.2, 0.25) is 0 Å². The third-order valence-electron chi connectivity index (χ3n) is 2.09. The lowest BCUT2D eigenvalue weighted by molar-refractivity contribution is -0.156. The molecule has 0 aliphatic heterocycles. The summed E-state index contributed by atoms with van der Waals surface area (Å²) in [5.74, 6) is -0.209. The standard InChI is InChI=1S/C12H25NO3/c1-10(2)13(7-6-8-14)9-11(15)16-12(3,4)5/h10,14H,6-9H2,1-5H3. The van der Waals surface area contributed by atoms with Crippen LogP contribution >= 0.6 is 0 Å². The molecule has 0 saturated carbocycles. The van der Waals surface area contributed by atoms with Crippen LogP contribution in [0, 0.1) is 0 Å². The van der Waals surface area contributed by atoms with Gasteiger partial charge in [-0.1, -0.05) is 0 Å².